The molecule has 32 heavy (non-hydrogen) atoms. The van der Waals surface area contributed by atoms with Gasteiger partial charge in [-0.3, -0.25) is 19.4 Å². The van der Waals surface area contributed by atoms with Crippen molar-refractivity contribution in [3.05, 3.63) is 35.5 Å². The van der Waals surface area contributed by atoms with E-state index in [0.717, 1.165) is 13.1 Å². The third-order valence-corrected chi connectivity index (χ3v) is 5.71. The number of hydrogen-bond acceptors (Lipinski definition) is 8. The predicted molar refractivity (Wildman–Crippen MR) is 119 cm³/mol. The van der Waals surface area contributed by atoms with Crippen molar-refractivity contribution in [2.75, 3.05) is 87.0 Å². The fourth-order valence-electron chi connectivity index (χ4n) is 3.96. The molecule has 2 heterocycles. The Balaban J connectivity index is 1.95. The number of morpholine rings is 1. The van der Waals surface area contributed by atoms with E-state index in [4.69, 9.17) is 18.9 Å². The summed E-state index contributed by atoms with van der Waals surface area (Å²) < 4.78 is 21.4. The van der Waals surface area contributed by atoms with E-state index < -0.39 is 0 Å². The first-order valence-corrected chi connectivity index (χ1v) is 10.9. The van der Waals surface area contributed by atoms with Gasteiger partial charge in [0.15, 0.2) is 0 Å². The molecular weight excluding hydrogens is 414 g/mol. The minimum atomic E-state index is -0.303. The molecule has 1 fully saturated rings. The summed E-state index contributed by atoms with van der Waals surface area (Å²) in [4.78, 5) is 32.6. The molecule has 0 aliphatic carbocycles. The lowest BCUT2D eigenvalue weighted by atomic mass is 10.0. The van der Waals surface area contributed by atoms with E-state index in [9.17, 15) is 9.59 Å². The fourth-order valence-corrected chi connectivity index (χ4v) is 3.96. The Bertz CT molecular complexity index is 814. The van der Waals surface area contributed by atoms with Gasteiger partial charge in [0.2, 0.25) is 0 Å². The number of para-hydroxylation sites is 1. The summed E-state index contributed by atoms with van der Waals surface area (Å²) >= 11 is 0. The molecule has 3 rings (SSSR count). The van der Waals surface area contributed by atoms with Gasteiger partial charge >= 0.3 is 0 Å². The summed E-state index contributed by atoms with van der Waals surface area (Å²) in [5, 5.41) is 0. The van der Waals surface area contributed by atoms with E-state index >= 15 is 0 Å². The molecule has 0 aromatic heterocycles. The van der Waals surface area contributed by atoms with Gasteiger partial charge in [-0.25, -0.2) is 0 Å². The summed E-state index contributed by atoms with van der Waals surface area (Å²) in [6.45, 7) is 5.62. The maximum atomic E-state index is 13.6. The standard InChI is InChI=1S/C23H33N3O6/c1-29-14-12-25(13-15-30-2)21-20(18-6-4-5-7-19(18)31-3)22(27)26(23(21)28)9-8-24-10-16-32-17-11-24/h4-7H,8-17H2,1-3H3. The van der Waals surface area contributed by atoms with Gasteiger partial charge in [-0.1, -0.05) is 18.2 Å². The molecule has 176 valence electrons. The van der Waals surface area contributed by atoms with E-state index in [1.165, 1.54) is 4.90 Å². The van der Waals surface area contributed by atoms with Crippen molar-refractivity contribution in [2.24, 2.45) is 0 Å². The number of imide groups is 1. The number of ether oxygens (including phenoxy) is 4. The Hall–Kier alpha value is -2.46. The first-order valence-electron chi connectivity index (χ1n) is 10.9. The van der Waals surface area contributed by atoms with Crippen LogP contribution in [0.4, 0.5) is 0 Å². The minimum Gasteiger partial charge on any atom is -0.496 e. The van der Waals surface area contributed by atoms with Gasteiger partial charge in [0.05, 0.1) is 39.1 Å². The molecule has 0 spiro atoms. The molecule has 2 aliphatic heterocycles. The monoisotopic (exact) mass is 447 g/mol. The molecule has 2 aliphatic rings. The summed E-state index contributed by atoms with van der Waals surface area (Å²) in [5.74, 6) is -0.0476. The predicted octanol–water partition coefficient (Wildman–Crippen LogP) is 0.702. The van der Waals surface area contributed by atoms with Crippen LogP contribution in [-0.4, -0.2) is 114 Å². The van der Waals surface area contributed by atoms with Crippen LogP contribution in [0.5, 0.6) is 5.75 Å². The summed E-state index contributed by atoms with van der Waals surface area (Å²) in [6, 6.07) is 7.29. The lowest BCUT2D eigenvalue weighted by Crippen LogP contribution is -2.44. The SMILES string of the molecule is COCCN(CCOC)C1=C(c2ccccc2OC)C(=O)N(CCN2CCOCC2)C1=O. The van der Waals surface area contributed by atoms with Crippen LogP contribution in [0.1, 0.15) is 5.56 Å². The summed E-state index contributed by atoms with van der Waals surface area (Å²) in [7, 11) is 4.78. The topological polar surface area (TPSA) is 80.8 Å². The van der Waals surface area contributed by atoms with Crippen LogP contribution in [0.15, 0.2) is 30.0 Å². The van der Waals surface area contributed by atoms with Gasteiger partial charge in [-0.15, -0.1) is 0 Å². The first kappa shape index (κ1) is 24.2. The zero-order valence-electron chi connectivity index (χ0n) is 19.2. The van der Waals surface area contributed by atoms with E-state index in [1.807, 2.05) is 23.1 Å². The van der Waals surface area contributed by atoms with E-state index in [0.29, 0.717) is 75.2 Å². The second-order valence-electron chi connectivity index (χ2n) is 7.61. The summed E-state index contributed by atoms with van der Waals surface area (Å²) in [5.41, 5.74) is 1.34. The minimum absolute atomic E-state index is 0.295. The Kier molecular flexibility index (Phi) is 9.04. The molecule has 0 unspecified atom stereocenters. The average Bonchev–Trinajstić information content (AvgIpc) is 3.07. The molecule has 2 amide bonds. The largest absolute Gasteiger partial charge is 0.496 e. The van der Waals surface area contributed by atoms with E-state index in [-0.39, 0.29) is 11.8 Å². The molecular formula is C23H33N3O6. The zero-order chi connectivity index (χ0) is 22.9. The lowest BCUT2D eigenvalue weighted by molar-refractivity contribution is -0.138. The molecule has 1 aromatic rings. The lowest BCUT2D eigenvalue weighted by Gasteiger charge is -2.28. The molecule has 0 saturated carbocycles. The number of amides is 2. The quantitative estimate of drug-likeness (QED) is 0.434. The highest BCUT2D eigenvalue weighted by Crippen LogP contribution is 2.36. The van der Waals surface area contributed by atoms with Gasteiger partial charge in [0.1, 0.15) is 11.4 Å². The zero-order valence-corrected chi connectivity index (χ0v) is 19.2. The van der Waals surface area contributed by atoms with Crippen LogP contribution in [0.2, 0.25) is 0 Å². The Morgan fingerprint density at radius 1 is 0.938 bits per heavy atom. The molecule has 1 aromatic carbocycles. The normalized spacial score (nSPS) is 17.4. The molecule has 0 N–H and O–H groups in total. The van der Waals surface area contributed by atoms with Gasteiger partial charge in [0, 0.05) is 59.1 Å². The second kappa shape index (κ2) is 12.0. The van der Waals surface area contributed by atoms with Crippen molar-refractivity contribution in [3.8, 4) is 5.75 Å². The van der Waals surface area contributed by atoms with Gasteiger partial charge in [-0.05, 0) is 6.07 Å². The number of rotatable bonds is 12. The van der Waals surface area contributed by atoms with Crippen molar-refractivity contribution in [1.82, 2.24) is 14.7 Å². The highest BCUT2D eigenvalue weighted by atomic mass is 16.5. The molecule has 1 saturated heterocycles. The van der Waals surface area contributed by atoms with E-state index in [2.05, 4.69) is 4.90 Å². The van der Waals surface area contributed by atoms with Crippen LogP contribution in [-0.2, 0) is 23.8 Å². The second-order valence-corrected chi connectivity index (χ2v) is 7.61. The maximum absolute atomic E-state index is 13.6. The Morgan fingerprint density at radius 3 is 2.22 bits per heavy atom. The van der Waals surface area contributed by atoms with Crippen molar-refractivity contribution in [1.29, 1.82) is 0 Å². The third kappa shape index (κ3) is 5.47. The number of hydrogen-bond donors (Lipinski definition) is 0. The van der Waals surface area contributed by atoms with Crippen LogP contribution in [0.3, 0.4) is 0 Å². The Labute approximate surface area is 189 Å². The highest BCUT2D eigenvalue weighted by Gasteiger charge is 2.42. The van der Waals surface area contributed by atoms with E-state index in [1.54, 1.807) is 27.4 Å². The van der Waals surface area contributed by atoms with Crippen LogP contribution < -0.4 is 4.74 Å². The van der Waals surface area contributed by atoms with Crippen molar-refractivity contribution < 1.29 is 28.5 Å². The maximum Gasteiger partial charge on any atom is 0.277 e. The third-order valence-electron chi connectivity index (χ3n) is 5.71. The molecule has 9 nitrogen and oxygen atoms in total. The van der Waals surface area contributed by atoms with Gasteiger partial charge < -0.3 is 23.8 Å². The highest BCUT2D eigenvalue weighted by molar-refractivity contribution is 6.36. The first-order chi connectivity index (χ1) is 15.6. The number of methoxy groups -OCH3 is 3. The smallest absolute Gasteiger partial charge is 0.277 e. The van der Waals surface area contributed by atoms with Crippen LogP contribution in [0, 0.1) is 0 Å². The van der Waals surface area contributed by atoms with Crippen molar-refractivity contribution >= 4 is 17.4 Å². The molecule has 9 heteroatoms. The van der Waals surface area contributed by atoms with Gasteiger partial charge in [0.25, 0.3) is 11.8 Å². The molecule has 0 atom stereocenters. The number of benzene rings is 1. The molecule has 0 bridgehead atoms. The number of carbonyl (C=O) groups is 2. The average molecular weight is 448 g/mol. The number of carbonyl (C=O) groups excluding carboxylic acids is 2. The fraction of sp³-hybridized carbons (Fsp3) is 0.565. The van der Waals surface area contributed by atoms with Crippen LogP contribution in [0.25, 0.3) is 5.57 Å². The summed E-state index contributed by atoms with van der Waals surface area (Å²) in [6.07, 6.45) is 0. The van der Waals surface area contributed by atoms with Crippen molar-refractivity contribution in [2.45, 2.75) is 0 Å². The Morgan fingerprint density at radius 2 is 1.59 bits per heavy atom. The van der Waals surface area contributed by atoms with Crippen LogP contribution >= 0.6 is 0 Å². The molecule has 0 radical (unpaired) electrons. The van der Waals surface area contributed by atoms with Gasteiger partial charge in [-0.2, -0.15) is 0 Å². The number of nitrogens with zero attached hydrogens (tertiary/aromatic N) is 3. The van der Waals surface area contributed by atoms with Crippen molar-refractivity contribution in [3.63, 3.8) is 0 Å².